The molecule has 1 heterocycles. The summed E-state index contributed by atoms with van der Waals surface area (Å²) < 4.78 is 5.26. The predicted molar refractivity (Wildman–Crippen MR) is 67.4 cm³/mol. The van der Waals surface area contributed by atoms with Crippen molar-refractivity contribution in [1.82, 2.24) is 5.32 Å². The van der Waals surface area contributed by atoms with E-state index in [9.17, 15) is 0 Å². The van der Waals surface area contributed by atoms with Crippen LogP contribution in [0.5, 0.6) is 5.75 Å². The molecule has 0 saturated carbocycles. The van der Waals surface area contributed by atoms with E-state index < -0.39 is 0 Å². The first-order valence-electron chi connectivity index (χ1n) is 5.80. The van der Waals surface area contributed by atoms with E-state index >= 15 is 0 Å². The summed E-state index contributed by atoms with van der Waals surface area (Å²) in [6.07, 6.45) is 2.31. The van der Waals surface area contributed by atoms with Gasteiger partial charge < -0.3 is 15.0 Å². The zero-order valence-electron chi connectivity index (χ0n) is 10.3. The third-order valence-electron chi connectivity index (χ3n) is 3.40. The monoisotopic (exact) mass is 220 g/mol. The van der Waals surface area contributed by atoms with Gasteiger partial charge in [0.1, 0.15) is 5.75 Å². The molecule has 1 aromatic rings. The Labute approximate surface area is 97.4 Å². The minimum absolute atomic E-state index is 0.620. The number of likely N-dealkylation sites (N-methyl/N-ethyl adjacent to an activating group) is 1. The number of anilines is 1. The average Bonchev–Trinajstić information content (AvgIpc) is 2.63. The largest absolute Gasteiger partial charge is 0.497 e. The fourth-order valence-electron chi connectivity index (χ4n) is 2.39. The average molecular weight is 220 g/mol. The van der Waals surface area contributed by atoms with Crippen LogP contribution < -0.4 is 15.0 Å². The number of ether oxygens (including phenoxy) is 1. The third kappa shape index (κ3) is 2.00. The molecule has 0 fully saturated rings. The van der Waals surface area contributed by atoms with Gasteiger partial charge in [-0.15, -0.1) is 0 Å². The SMILES string of the molecule is CNCCC1Cc2cc(OC)ccc2N1C. The topological polar surface area (TPSA) is 24.5 Å². The summed E-state index contributed by atoms with van der Waals surface area (Å²) in [7, 11) is 5.91. The molecule has 1 unspecified atom stereocenters. The van der Waals surface area contributed by atoms with Gasteiger partial charge in [0, 0.05) is 18.8 Å². The van der Waals surface area contributed by atoms with Crippen molar-refractivity contribution >= 4 is 5.69 Å². The van der Waals surface area contributed by atoms with Crippen LogP contribution in [0.1, 0.15) is 12.0 Å². The molecule has 1 aromatic carbocycles. The van der Waals surface area contributed by atoms with Gasteiger partial charge >= 0.3 is 0 Å². The highest BCUT2D eigenvalue weighted by molar-refractivity contribution is 5.61. The molecule has 0 aliphatic carbocycles. The molecule has 0 amide bonds. The maximum Gasteiger partial charge on any atom is 0.119 e. The van der Waals surface area contributed by atoms with Crippen LogP contribution in [0.2, 0.25) is 0 Å². The van der Waals surface area contributed by atoms with E-state index in [1.165, 1.54) is 17.7 Å². The minimum Gasteiger partial charge on any atom is -0.497 e. The molecule has 0 radical (unpaired) electrons. The van der Waals surface area contributed by atoms with Crippen molar-refractivity contribution in [3.63, 3.8) is 0 Å². The van der Waals surface area contributed by atoms with Crippen molar-refractivity contribution < 1.29 is 4.74 Å². The number of hydrogen-bond donors (Lipinski definition) is 1. The normalized spacial score (nSPS) is 18.7. The van der Waals surface area contributed by atoms with Crippen LogP contribution >= 0.6 is 0 Å². The molecule has 16 heavy (non-hydrogen) atoms. The van der Waals surface area contributed by atoms with Crippen molar-refractivity contribution in [1.29, 1.82) is 0 Å². The summed E-state index contributed by atoms with van der Waals surface area (Å²) in [4.78, 5) is 2.38. The number of fused-ring (bicyclic) bond motifs is 1. The van der Waals surface area contributed by atoms with Gasteiger partial charge in [-0.3, -0.25) is 0 Å². The molecule has 1 atom stereocenters. The number of nitrogens with one attached hydrogen (secondary N) is 1. The van der Waals surface area contributed by atoms with E-state index in [2.05, 4.69) is 29.4 Å². The molecule has 0 bridgehead atoms. The Bertz CT molecular complexity index is 365. The Morgan fingerprint density at radius 2 is 2.31 bits per heavy atom. The highest BCUT2D eigenvalue weighted by Crippen LogP contribution is 2.34. The summed E-state index contributed by atoms with van der Waals surface area (Å²) >= 11 is 0. The lowest BCUT2D eigenvalue weighted by Gasteiger charge is -2.22. The van der Waals surface area contributed by atoms with Gasteiger partial charge in [0.15, 0.2) is 0 Å². The summed E-state index contributed by atoms with van der Waals surface area (Å²) in [5.41, 5.74) is 2.75. The Morgan fingerprint density at radius 3 is 3.00 bits per heavy atom. The number of nitrogens with zero attached hydrogens (tertiary/aromatic N) is 1. The lowest BCUT2D eigenvalue weighted by Crippen LogP contribution is -2.30. The quantitative estimate of drug-likeness (QED) is 0.835. The molecule has 0 saturated heterocycles. The van der Waals surface area contributed by atoms with Crippen molar-refractivity contribution in [3.05, 3.63) is 23.8 Å². The summed E-state index contributed by atoms with van der Waals surface area (Å²) in [6, 6.07) is 6.98. The van der Waals surface area contributed by atoms with E-state index in [4.69, 9.17) is 4.74 Å². The standard InChI is InChI=1S/C13H20N2O/c1-14-7-6-11-8-10-9-12(16-3)4-5-13(10)15(11)2/h4-5,9,11,14H,6-8H2,1-3H3. The van der Waals surface area contributed by atoms with E-state index in [-0.39, 0.29) is 0 Å². The maximum atomic E-state index is 5.26. The van der Waals surface area contributed by atoms with Gasteiger partial charge in [0.05, 0.1) is 7.11 Å². The van der Waals surface area contributed by atoms with Crippen molar-refractivity contribution in [2.75, 3.05) is 32.6 Å². The fraction of sp³-hybridized carbons (Fsp3) is 0.538. The highest BCUT2D eigenvalue weighted by Gasteiger charge is 2.25. The Kier molecular flexibility index (Phi) is 3.34. The number of methoxy groups -OCH3 is 1. The summed E-state index contributed by atoms with van der Waals surface area (Å²) in [5.74, 6) is 0.960. The maximum absolute atomic E-state index is 5.26. The van der Waals surface area contributed by atoms with Gasteiger partial charge in [-0.1, -0.05) is 0 Å². The van der Waals surface area contributed by atoms with Crippen LogP contribution in [0.25, 0.3) is 0 Å². The van der Waals surface area contributed by atoms with Gasteiger partial charge in [0.25, 0.3) is 0 Å². The first-order valence-corrected chi connectivity index (χ1v) is 5.80. The smallest absolute Gasteiger partial charge is 0.119 e. The molecule has 0 spiro atoms. The van der Waals surface area contributed by atoms with Crippen LogP contribution in [-0.4, -0.2) is 33.8 Å². The van der Waals surface area contributed by atoms with Crippen LogP contribution in [-0.2, 0) is 6.42 Å². The zero-order chi connectivity index (χ0) is 11.5. The van der Waals surface area contributed by atoms with Gasteiger partial charge in [-0.25, -0.2) is 0 Å². The van der Waals surface area contributed by atoms with E-state index in [0.29, 0.717) is 6.04 Å². The second-order valence-electron chi connectivity index (χ2n) is 4.36. The summed E-state index contributed by atoms with van der Waals surface area (Å²) in [6.45, 7) is 1.07. The third-order valence-corrected chi connectivity index (χ3v) is 3.40. The minimum atomic E-state index is 0.620. The molecule has 3 heteroatoms. The fourth-order valence-corrected chi connectivity index (χ4v) is 2.39. The van der Waals surface area contributed by atoms with Gasteiger partial charge in [0.2, 0.25) is 0 Å². The van der Waals surface area contributed by atoms with E-state index in [1.54, 1.807) is 7.11 Å². The molecule has 1 aliphatic heterocycles. The molecule has 2 rings (SSSR count). The second kappa shape index (κ2) is 4.74. The highest BCUT2D eigenvalue weighted by atomic mass is 16.5. The zero-order valence-corrected chi connectivity index (χ0v) is 10.3. The Hall–Kier alpha value is -1.22. The van der Waals surface area contributed by atoms with Crippen LogP contribution in [0.4, 0.5) is 5.69 Å². The molecular weight excluding hydrogens is 200 g/mol. The Balaban J connectivity index is 2.14. The van der Waals surface area contributed by atoms with Crippen molar-refractivity contribution in [2.24, 2.45) is 0 Å². The van der Waals surface area contributed by atoms with Crippen molar-refractivity contribution in [3.8, 4) is 5.75 Å². The lowest BCUT2D eigenvalue weighted by molar-refractivity contribution is 0.414. The van der Waals surface area contributed by atoms with Crippen LogP contribution in [0.3, 0.4) is 0 Å². The number of hydrogen-bond acceptors (Lipinski definition) is 3. The van der Waals surface area contributed by atoms with Crippen LogP contribution in [0, 0.1) is 0 Å². The molecule has 88 valence electrons. The Morgan fingerprint density at radius 1 is 1.50 bits per heavy atom. The van der Waals surface area contributed by atoms with E-state index in [0.717, 1.165) is 18.7 Å². The first-order chi connectivity index (χ1) is 7.76. The molecular formula is C13H20N2O. The second-order valence-corrected chi connectivity index (χ2v) is 4.36. The predicted octanol–water partition coefficient (Wildman–Crippen LogP) is 1.67. The number of rotatable bonds is 4. The number of benzene rings is 1. The lowest BCUT2D eigenvalue weighted by atomic mass is 10.1. The summed E-state index contributed by atoms with van der Waals surface area (Å²) in [5, 5.41) is 3.21. The first kappa shape index (κ1) is 11.3. The van der Waals surface area contributed by atoms with Crippen LogP contribution in [0.15, 0.2) is 18.2 Å². The molecule has 1 aliphatic rings. The van der Waals surface area contributed by atoms with E-state index in [1.807, 2.05) is 13.1 Å². The van der Waals surface area contributed by atoms with Crippen molar-refractivity contribution in [2.45, 2.75) is 18.9 Å². The van der Waals surface area contributed by atoms with Gasteiger partial charge in [-0.2, -0.15) is 0 Å². The molecule has 1 N–H and O–H groups in total. The molecule has 3 nitrogen and oxygen atoms in total. The van der Waals surface area contributed by atoms with Gasteiger partial charge in [-0.05, 0) is 50.2 Å². The molecule has 0 aromatic heterocycles.